The molecule has 10 nitrogen and oxygen atoms in total. The molecule has 1 fully saturated rings. The number of ether oxygens (including phenoxy) is 1. The molecule has 0 spiro atoms. The number of anilines is 2. The summed E-state index contributed by atoms with van der Waals surface area (Å²) in [4.78, 5) is 49.3. The summed E-state index contributed by atoms with van der Waals surface area (Å²) in [7, 11) is 0. The SMILES string of the molecule is CC(C)(C)OC(=O)C(CNC(=O)c1ccc(N2CCCC(Nc3ncccn3)C2)cc1)NC(=O)c1ccccc1. The number of carbonyl (C=O) groups is 3. The van der Waals surface area contributed by atoms with Crippen molar-refractivity contribution in [3.8, 4) is 0 Å². The Labute approximate surface area is 234 Å². The van der Waals surface area contributed by atoms with E-state index in [2.05, 4.69) is 30.8 Å². The number of benzene rings is 2. The minimum absolute atomic E-state index is 0.116. The smallest absolute Gasteiger partial charge is 0.331 e. The predicted octanol–water partition coefficient (Wildman–Crippen LogP) is 3.43. The summed E-state index contributed by atoms with van der Waals surface area (Å²) in [6.07, 6.45) is 5.47. The lowest BCUT2D eigenvalue weighted by Crippen LogP contribution is -2.50. The maximum absolute atomic E-state index is 12.9. The van der Waals surface area contributed by atoms with Crippen LogP contribution in [-0.4, -0.2) is 65.1 Å². The van der Waals surface area contributed by atoms with Crippen LogP contribution in [0.15, 0.2) is 73.1 Å². The summed E-state index contributed by atoms with van der Waals surface area (Å²) in [5.41, 5.74) is 1.12. The van der Waals surface area contributed by atoms with Gasteiger partial charge in [-0.05, 0) is 76.1 Å². The summed E-state index contributed by atoms with van der Waals surface area (Å²) in [5, 5.41) is 8.84. The molecule has 4 rings (SSSR count). The summed E-state index contributed by atoms with van der Waals surface area (Å²) < 4.78 is 5.48. The van der Waals surface area contributed by atoms with Crippen LogP contribution in [0.5, 0.6) is 0 Å². The highest BCUT2D eigenvalue weighted by molar-refractivity contribution is 5.98. The van der Waals surface area contributed by atoms with E-state index < -0.39 is 23.5 Å². The van der Waals surface area contributed by atoms with Gasteiger partial charge in [-0.3, -0.25) is 9.59 Å². The van der Waals surface area contributed by atoms with Gasteiger partial charge < -0.3 is 25.6 Å². The fourth-order valence-corrected chi connectivity index (χ4v) is 4.40. The first-order chi connectivity index (χ1) is 19.2. The molecule has 1 saturated heterocycles. The highest BCUT2D eigenvalue weighted by atomic mass is 16.6. The standard InChI is InChI=1S/C30H36N6O4/c1-30(2,3)40-28(39)25(35-27(38)21-9-5-4-6-10-21)19-33-26(37)22-12-14-24(15-13-22)36-18-7-11-23(20-36)34-29-31-16-8-17-32-29/h4-6,8-10,12-17,23,25H,7,11,18-20H2,1-3H3,(H,33,37)(H,35,38)(H,31,32,34). The Balaban J connectivity index is 1.36. The number of amides is 2. The van der Waals surface area contributed by atoms with Crippen molar-refractivity contribution >= 4 is 29.4 Å². The molecule has 2 atom stereocenters. The van der Waals surface area contributed by atoms with Crippen molar-refractivity contribution in [1.29, 1.82) is 0 Å². The second-order valence-electron chi connectivity index (χ2n) is 10.7. The van der Waals surface area contributed by atoms with Crippen LogP contribution in [0.25, 0.3) is 0 Å². The second kappa shape index (κ2) is 13.1. The number of aromatic nitrogens is 2. The summed E-state index contributed by atoms with van der Waals surface area (Å²) in [6.45, 7) is 6.83. The number of hydrogen-bond donors (Lipinski definition) is 3. The van der Waals surface area contributed by atoms with Gasteiger partial charge in [-0.2, -0.15) is 0 Å². The molecule has 2 unspecified atom stereocenters. The summed E-state index contributed by atoms with van der Waals surface area (Å²) in [6, 6.07) is 16.9. The van der Waals surface area contributed by atoms with E-state index in [-0.39, 0.29) is 18.5 Å². The molecule has 0 aliphatic carbocycles. The first kappa shape index (κ1) is 28.5. The molecule has 2 aromatic carbocycles. The van der Waals surface area contributed by atoms with E-state index in [9.17, 15) is 14.4 Å². The minimum atomic E-state index is -1.05. The van der Waals surface area contributed by atoms with Crippen LogP contribution in [0.2, 0.25) is 0 Å². The topological polar surface area (TPSA) is 126 Å². The quantitative estimate of drug-likeness (QED) is 0.350. The molecule has 1 aliphatic heterocycles. The maximum Gasteiger partial charge on any atom is 0.331 e. The van der Waals surface area contributed by atoms with Gasteiger partial charge in [0.25, 0.3) is 11.8 Å². The van der Waals surface area contributed by atoms with Gasteiger partial charge in [0.15, 0.2) is 0 Å². The number of rotatable bonds is 9. The molecular formula is C30H36N6O4. The number of hydrogen-bond acceptors (Lipinski definition) is 8. The third-order valence-corrected chi connectivity index (χ3v) is 6.31. The first-order valence-electron chi connectivity index (χ1n) is 13.4. The van der Waals surface area contributed by atoms with Crippen LogP contribution in [0.4, 0.5) is 11.6 Å². The Kier molecular flexibility index (Phi) is 9.31. The van der Waals surface area contributed by atoms with Gasteiger partial charge in [-0.15, -0.1) is 0 Å². The van der Waals surface area contributed by atoms with Gasteiger partial charge in [0.05, 0.1) is 0 Å². The van der Waals surface area contributed by atoms with Crippen molar-refractivity contribution in [2.45, 2.75) is 51.3 Å². The molecule has 2 amide bonds. The van der Waals surface area contributed by atoms with Crippen molar-refractivity contribution in [1.82, 2.24) is 20.6 Å². The lowest BCUT2D eigenvalue weighted by molar-refractivity contribution is -0.157. The van der Waals surface area contributed by atoms with Crippen molar-refractivity contribution < 1.29 is 19.1 Å². The number of nitrogens with zero attached hydrogens (tertiary/aromatic N) is 3. The molecule has 3 aromatic rings. The van der Waals surface area contributed by atoms with Gasteiger partial charge in [0, 0.05) is 54.9 Å². The molecule has 3 N–H and O–H groups in total. The summed E-state index contributed by atoms with van der Waals surface area (Å²) >= 11 is 0. The van der Waals surface area contributed by atoms with Crippen molar-refractivity contribution in [3.05, 3.63) is 84.2 Å². The average Bonchev–Trinajstić information content (AvgIpc) is 2.95. The van der Waals surface area contributed by atoms with Crippen molar-refractivity contribution in [3.63, 3.8) is 0 Å². The fourth-order valence-electron chi connectivity index (χ4n) is 4.40. The summed E-state index contributed by atoms with van der Waals surface area (Å²) in [5.74, 6) is -0.788. The van der Waals surface area contributed by atoms with Crippen LogP contribution in [-0.2, 0) is 9.53 Å². The Morgan fingerprint density at radius 1 is 0.950 bits per heavy atom. The van der Waals surface area contributed by atoms with Gasteiger partial charge >= 0.3 is 5.97 Å². The second-order valence-corrected chi connectivity index (χ2v) is 10.7. The van der Waals surface area contributed by atoms with E-state index in [1.165, 1.54) is 0 Å². The first-order valence-corrected chi connectivity index (χ1v) is 13.4. The fraction of sp³-hybridized carbons (Fsp3) is 0.367. The highest BCUT2D eigenvalue weighted by Gasteiger charge is 2.28. The largest absolute Gasteiger partial charge is 0.458 e. The van der Waals surface area contributed by atoms with Crippen molar-refractivity contribution in [2.24, 2.45) is 0 Å². The van der Waals surface area contributed by atoms with Gasteiger partial charge in [-0.25, -0.2) is 14.8 Å². The maximum atomic E-state index is 12.9. The zero-order valence-electron chi connectivity index (χ0n) is 23.1. The molecule has 210 valence electrons. The molecule has 10 heteroatoms. The molecule has 0 radical (unpaired) electrons. The Morgan fingerprint density at radius 2 is 1.62 bits per heavy atom. The predicted molar refractivity (Wildman–Crippen MR) is 153 cm³/mol. The van der Waals surface area contributed by atoms with E-state index in [1.807, 2.05) is 12.1 Å². The van der Waals surface area contributed by atoms with Gasteiger partial charge in [0.2, 0.25) is 5.95 Å². The molecule has 2 heterocycles. The Bertz CT molecular complexity index is 1280. The van der Waals surface area contributed by atoms with Crippen molar-refractivity contribution in [2.75, 3.05) is 29.9 Å². The third kappa shape index (κ3) is 8.26. The molecule has 1 aromatic heterocycles. The lowest BCUT2D eigenvalue weighted by atomic mass is 10.0. The van der Waals surface area contributed by atoms with E-state index in [0.717, 1.165) is 31.6 Å². The van der Waals surface area contributed by atoms with E-state index in [1.54, 1.807) is 81.7 Å². The molecule has 0 bridgehead atoms. The molecule has 40 heavy (non-hydrogen) atoms. The normalized spacial score (nSPS) is 16.0. The zero-order chi connectivity index (χ0) is 28.5. The van der Waals surface area contributed by atoms with Crippen LogP contribution >= 0.6 is 0 Å². The van der Waals surface area contributed by atoms with Gasteiger partial charge in [0.1, 0.15) is 11.6 Å². The monoisotopic (exact) mass is 544 g/mol. The average molecular weight is 545 g/mol. The van der Waals surface area contributed by atoms with Crippen LogP contribution in [0.3, 0.4) is 0 Å². The van der Waals surface area contributed by atoms with E-state index in [0.29, 0.717) is 17.1 Å². The van der Waals surface area contributed by atoms with Gasteiger partial charge in [-0.1, -0.05) is 18.2 Å². The molecule has 1 aliphatic rings. The third-order valence-electron chi connectivity index (χ3n) is 6.31. The number of nitrogens with one attached hydrogen (secondary N) is 3. The Hall–Kier alpha value is -4.47. The highest BCUT2D eigenvalue weighted by Crippen LogP contribution is 2.22. The van der Waals surface area contributed by atoms with E-state index in [4.69, 9.17) is 4.74 Å². The number of esters is 1. The van der Waals surface area contributed by atoms with E-state index >= 15 is 0 Å². The molecular weight excluding hydrogens is 508 g/mol. The van der Waals surface area contributed by atoms with Crippen LogP contribution in [0, 0.1) is 0 Å². The Morgan fingerprint density at radius 3 is 2.30 bits per heavy atom. The molecule has 0 saturated carbocycles. The zero-order valence-corrected chi connectivity index (χ0v) is 23.1. The number of piperidine rings is 1. The van der Waals surface area contributed by atoms with Crippen LogP contribution in [0.1, 0.15) is 54.3 Å². The lowest BCUT2D eigenvalue weighted by Gasteiger charge is -2.34. The van der Waals surface area contributed by atoms with Crippen LogP contribution < -0.4 is 20.9 Å². The number of carbonyl (C=O) groups excluding carboxylic acids is 3. The minimum Gasteiger partial charge on any atom is -0.458 e.